The quantitative estimate of drug-likeness (QED) is 0.437. The van der Waals surface area contributed by atoms with Gasteiger partial charge in [0.2, 0.25) is 0 Å². The van der Waals surface area contributed by atoms with Crippen molar-refractivity contribution in [3.05, 3.63) is 107 Å². The lowest BCUT2D eigenvalue weighted by Gasteiger charge is -2.20. The van der Waals surface area contributed by atoms with Crippen LogP contribution in [0.1, 0.15) is 18.1 Å². The second kappa shape index (κ2) is 8.66. The third kappa shape index (κ3) is 4.05. The van der Waals surface area contributed by atoms with Crippen LogP contribution < -0.4 is 5.30 Å². The van der Waals surface area contributed by atoms with Gasteiger partial charge in [-0.3, -0.25) is 0 Å². The standard InChI is InChI=1S/C22H21P.B/c1-18(23(2)21-16-10-5-11-17-21)22(19-12-6-3-7-13-19)20-14-8-4-9-15-20;/h3-17H,1-2H3;. The normalized spacial score (nSPS) is 11.2. The van der Waals surface area contributed by atoms with Crippen molar-refractivity contribution < 1.29 is 0 Å². The fourth-order valence-corrected chi connectivity index (χ4v) is 4.41. The van der Waals surface area contributed by atoms with Gasteiger partial charge in [-0.25, -0.2) is 0 Å². The van der Waals surface area contributed by atoms with Crippen molar-refractivity contribution in [1.82, 2.24) is 0 Å². The number of allylic oxidation sites excluding steroid dienone is 1. The van der Waals surface area contributed by atoms with E-state index >= 15 is 0 Å². The minimum absolute atomic E-state index is 0. The van der Waals surface area contributed by atoms with Crippen molar-refractivity contribution in [3.8, 4) is 0 Å². The van der Waals surface area contributed by atoms with E-state index in [2.05, 4.69) is 105 Å². The molecule has 0 aliphatic rings. The van der Waals surface area contributed by atoms with E-state index in [0.717, 1.165) is 0 Å². The molecule has 0 aliphatic heterocycles. The summed E-state index contributed by atoms with van der Waals surface area (Å²) in [7, 11) is -0.344. The van der Waals surface area contributed by atoms with Crippen molar-refractivity contribution >= 4 is 27.2 Å². The third-order valence-electron chi connectivity index (χ3n) is 4.13. The molecule has 0 N–H and O–H groups in total. The van der Waals surface area contributed by atoms with Gasteiger partial charge >= 0.3 is 0 Å². The molecular weight excluding hydrogens is 306 g/mol. The Kier molecular flexibility index (Phi) is 6.58. The molecule has 0 spiro atoms. The van der Waals surface area contributed by atoms with E-state index in [1.54, 1.807) is 0 Å². The summed E-state index contributed by atoms with van der Waals surface area (Å²) in [6.45, 7) is 4.64. The summed E-state index contributed by atoms with van der Waals surface area (Å²) in [5.74, 6) is 0. The first-order valence-electron chi connectivity index (χ1n) is 7.88. The SMILES string of the molecule is CC(=C(c1ccccc1)c1ccccc1)P(C)c1ccccc1.[B]. The van der Waals surface area contributed by atoms with Gasteiger partial charge < -0.3 is 0 Å². The number of rotatable bonds is 4. The summed E-state index contributed by atoms with van der Waals surface area (Å²) < 4.78 is 0. The van der Waals surface area contributed by atoms with Gasteiger partial charge in [0.05, 0.1) is 0 Å². The summed E-state index contributed by atoms with van der Waals surface area (Å²) in [5, 5.41) is 2.88. The Morgan fingerprint density at radius 2 is 1.00 bits per heavy atom. The van der Waals surface area contributed by atoms with Gasteiger partial charge in [-0.15, -0.1) is 0 Å². The fourth-order valence-electron chi connectivity index (χ4n) is 2.81. The number of hydrogen-bond donors (Lipinski definition) is 0. The molecule has 1 unspecified atom stereocenters. The molecule has 3 aromatic rings. The molecule has 0 aromatic heterocycles. The molecule has 1 atom stereocenters. The minimum Gasteiger partial charge on any atom is -0.0622 e. The molecule has 0 heterocycles. The topological polar surface area (TPSA) is 0 Å². The van der Waals surface area contributed by atoms with Crippen LogP contribution in [0.5, 0.6) is 0 Å². The molecule has 0 saturated carbocycles. The first-order chi connectivity index (χ1) is 11.3. The molecule has 0 aliphatic carbocycles. The summed E-state index contributed by atoms with van der Waals surface area (Å²) in [6.07, 6.45) is 0. The van der Waals surface area contributed by atoms with Crippen LogP contribution in [-0.2, 0) is 0 Å². The zero-order chi connectivity index (χ0) is 16.1. The molecule has 0 amide bonds. The lowest BCUT2D eigenvalue weighted by Crippen LogP contribution is -2.01. The third-order valence-corrected chi connectivity index (χ3v) is 6.44. The Bertz CT molecular complexity index is 738. The van der Waals surface area contributed by atoms with E-state index in [-0.39, 0.29) is 16.3 Å². The molecular formula is C22H21BP. The summed E-state index contributed by atoms with van der Waals surface area (Å²) in [6, 6.07) is 32.3. The zero-order valence-electron chi connectivity index (χ0n) is 14.2. The van der Waals surface area contributed by atoms with Crippen molar-refractivity contribution in [2.75, 3.05) is 6.66 Å². The second-order valence-electron chi connectivity index (χ2n) is 5.59. The van der Waals surface area contributed by atoms with Crippen LogP contribution in [0.2, 0.25) is 0 Å². The average Bonchev–Trinajstić information content (AvgIpc) is 2.64. The molecule has 117 valence electrons. The first kappa shape index (κ1) is 18.2. The maximum atomic E-state index is 2.35. The highest BCUT2D eigenvalue weighted by atomic mass is 31.1. The highest BCUT2D eigenvalue weighted by molar-refractivity contribution is 7.69. The minimum atomic E-state index is -0.344. The molecule has 0 fully saturated rings. The van der Waals surface area contributed by atoms with E-state index in [9.17, 15) is 0 Å². The summed E-state index contributed by atoms with van der Waals surface area (Å²) in [5.41, 5.74) is 3.95. The van der Waals surface area contributed by atoms with Crippen LogP contribution >= 0.6 is 7.92 Å². The Labute approximate surface area is 148 Å². The van der Waals surface area contributed by atoms with Gasteiger partial charge in [-0.1, -0.05) is 98.9 Å². The molecule has 0 bridgehead atoms. The Balaban J connectivity index is 0.00000208. The van der Waals surface area contributed by atoms with Crippen LogP contribution in [0.15, 0.2) is 96.3 Å². The molecule has 0 nitrogen and oxygen atoms in total. The predicted molar refractivity (Wildman–Crippen MR) is 109 cm³/mol. The van der Waals surface area contributed by atoms with E-state index in [0.29, 0.717) is 0 Å². The molecule has 24 heavy (non-hydrogen) atoms. The zero-order valence-corrected chi connectivity index (χ0v) is 15.1. The van der Waals surface area contributed by atoms with Crippen LogP contribution in [-0.4, -0.2) is 15.1 Å². The maximum absolute atomic E-state index is 2.35. The van der Waals surface area contributed by atoms with Gasteiger partial charge in [0.15, 0.2) is 0 Å². The Hall–Kier alpha value is -2.11. The Morgan fingerprint density at radius 3 is 1.42 bits per heavy atom. The highest BCUT2D eigenvalue weighted by Crippen LogP contribution is 2.45. The average molecular weight is 327 g/mol. The van der Waals surface area contributed by atoms with E-state index in [4.69, 9.17) is 0 Å². The van der Waals surface area contributed by atoms with Gasteiger partial charge in [-0.05, 0) is 40.9 Å². The molecule has 3 radical (unpaired) electrons. The number of hydrogen-bond acceptors (Lipinski definition) is 0. The molecule has 2 heteroatoms. The summed E-state index contributed by atoms with van der Waals surface area (Å²) >= 11 is 0. The smallest absolute Gasteiger partial charge is 0 e. The van der Waals surface area contributed by atoms with E-state index < -0.39 is 0 Å². The van der Waals surface area contributed by atoms with Crippen LogP contribution in [0, 0.1) is 0 Å². The summed E-state index contributed by atoms with van der Waals surface area (Å²) in [4.78, 5) is 0. The maximum Gasteiger partial charge on any atom is 0 e. The monoisotopic (exact) mass is 327 g/mol. The van der Waals surface area contributed by atoms with Gasteiger partial charge in [0.1, 0.15) is 0 Å². The van der Waals surface area contributed by atoms with Crippen LogP contribution in [0.25, 0.3) is 5.57 Å². The van der Waals surface area contributed by atoms with E-state index in [1.165, 1.54) is 27.3 Å². The van der Waals surface area contributed by atoms with Crippen molar-refractivity contribution in [3.63, 3.8) is 0 Å². The van der Waals surface area contributed by atoms with Crippen LogP contribution in [0.4, 0.5) is 0 Å². The fraction of sp³-hybridized carbons (Fsp3) is 0.0909. The lowest BCUT2D eigenvalue weighted by atomic mass is 9.98. The van der Waals surface area contributed by atoms with Crippen molar-refractivity contribution in [2.45, 2.75) is 6.92 Å². The highest BCUT2D eigenvalue weighted by Gasteiger charge is 2.14. The number of benzene rings is 3. The second-order valence-corrected chi connectivity index (χ2v) is 7.89. The Morgan fingerprint density at radius 1 is 0.625 bits per heavy atom. The van der Waals surface area contributed by atoms with Gasteiger partial charge in [0, 0.05) is 8.41 Å². The van der Waals surface area contributed by atoms with Gasteiger partial charge in [-0.2, -0.15) is 0 Å². The predicted octanol–water partition coefficient (Wildman–Crippen LogP) is 5.52. The van der Waals surface area contributed by atoms with Crippen molar-refractivity contribution in [1.29, 1.82) is 0 Å². The van der Waals surface area contributed by atoms with E-state index in [1.807, 2.05) is 0 Å². The first-order valence-corrected chi connectivity index (χ1v) is 9.67. The molecule has 3 aromatic carbocycles. The largest absolute Gasteiger partial charge is 0.0622 e. The van der Waals surface area contributed by atoms with Gasteiger partial charge in [0.25, 0.3) is 0 Å². The molecule has 0 saturated heterocycles. The molecule has 3 rings (SSSR count). The lowest BCUT2D eigenvalue weighted by molar-refractivity contribution is 1.51. The van der Waals surface area contributed by atoms with Crippen molar-refractivity contribution in [2.24, 2.45) is 0 Å². The van der Waals surface area contributed by atoms with Crippen LogP contribution in [0.3, 0.4) is 0 Å².